The summed E-state index contributed by atoms with van der Waals surface area (Å²) in [4.78, 5) is 30.5. The maximum atomic E-state index is 15.4. The third kappa shape index (κ3) is 3.43. The van der Waals surface area contributed by atoms with Crippen molar-refractivity contribution in [2.75, 3.05) is 0 Å². The molecule has 2 aliphatic heterocycles. The van der Waals surface area contributed by atoms with Crippen molar-refractivity contribution in [3.05, 3.63) is 49.1 Å². The molecule has 2 atom stereocenters. The van der Waals surface area contributed by atoms with Crippen molar-refractivity contribution in [2.24, 2.45) is 5.41 Å². The van der Waals surface area contributed by atoms with E-state index in [1.165, 1.54) is 33.5 Å². The lowest BCUT2D eigenvalue weighted by molar-refractivity contribution is 0.0696. The Labute approximate surface area is 208 Å². The number of carbonyl (C=O) groups excluding carboxylic acids is 1. The number of halogens is 1. The van der Waals surface area contributed by atoms with E-state index in [0.29, 0.717) is 18.4 Å². The van der Waals surface area contributed by atoms with Gasteiger partial charge in [0.1, 0.15) is 5.39 Å². The fourth-order valence-electron chi connectivity index (χ4n) is 6.43. The molecule has 0 fully saturated rings. The van der Waals surface area contributed by atoms with Gasteiger partial charge in [-0.15, -0.1) is 11.3 Å². The number of hydrogen-bond acceptors (Lipinski definition) is 4. The summed E-state index contributed by atoms with van der Waals surface area (Å²) in [5.74, 6) is -0.239. The van der Waals surface area contributed by atoms with Crippen LogP contribution in [0.2, 0.25) is 0 Å². The quantitative estimate of drug-likeness (QED) is 0.485. The number of amides is 1. The van der Waals surface area contributed by atoms with E-state index in [9.17, 15) is 9.59 Å². The first-order valence-corrected chi connectivity index (χ1v) is 13.7. The third-order valence-electron chi connectivity index (χ3n) is 8.47. The Bertz CT molecular complexity index is 1420. The van der Waals surface area contributed by atoms with Crippen LogP contribution in [0.3, 0.4) is 0 Å². The zero-order chi connectivity index (χ0) is 24.6. The number of fused-ring (bicyclic) bond motifs is 6. The molecule has 0 radical (unpaired) electrons. The predicted molar refractivity (Wildman–Crippen MR) is 136 cm³/mol. The SMILES string of the molecule is CC(CCC1(C)Cc2c3cnn(C(C)C)c(=O)c3c(F)n2C1)N1Cc2c(sc3c2CCCC3)C1=O. The molecule has 3 aliphatic rings. The van der Waals surface area contributed by atoms with Crippen molar-refractivity contribution in [1.29, 1.82) is 0 Å². The second kappa shape index (κ2) is 8.02. The van der Waals surface area contributed by atoms with Gasteiger partial charge in [-0.05, 0) is 82.3 Å². The molecule has 5 heterocycles. The number of hydrogen-bond donors (Lipinski definition) is 0. The lowest BCUT2D eigenvalue weighted by Crippen LogP contribution is -2.35. The summed E-state index contributed by atoms with van der Waals surface area (Å²) in [5, 5.41) is 5.11. The summed E-state index contributed by atoms with van der Waals surface area (Å²) >= 11 is 1.73. The Morgan fingerprint density at radius 2 is 1.94 bits per heavy atom. The number of thiophene rings is 1. The Balaban J connectivity index is 1.17. The molecule has 6 rings (SSSR count). The molecule has 2 unspecified atom stereocenters. The molecule has 186 valence electrons. The number of rotatable bonds is 5. The first-order valence-electron chi connectivity index (χ1n) is 12.9. The molecule has 0 N–H and O–H groups in total. The molecule has 1 aliphatic carbocycles. The van der Waals surface area contributed by atoms with Crippen LogP contribution in [-0.4, -0.2) is 31.2 Å². The molecule has 0 saturated heterocycles. The highest BCUT2D eigenvalue weighted by molar-refractivity contribution is 7.14. The van der Waals surface area contributed by atoms with Crippen molar-refractivity contribution < 1.29 is 9.18 Å². The van der Waals surface area contributed by atoms with Crippen LogP contribution in [-0.2, 0) is 32.4 Å². The summed E-state index contributed by atoms with van der Waals surface area (Å²) in [5.41, 5.74) is 3.15. The highest BCUT2D eigenvalue weighted by Crippen LogP contribution is 2.43. The fourth-order valence-corrected chi connectivity index (χ4v) is 7.79. The van der Waals surface area contributed by atoms with E-state index in [1.54, 1.807) is 22.1 Å². The molecule has 3 aromatic heterocycles. The maximum Gasteiger partial charge on any atom is 0.279 e. The van der Waals surface area contributed by atoms with Crippen LogP contribution in [0.4, 0.5) is 4.39 Å². The molecule has 8 heteroatoms. The van der Waals surface area contributed by atoms with Crippen LogP contribution in [0.1, 0.15) is 90.8 Å². The molecule has 1 amide bonds. The Morgan fingerprint density at radius 3 is 2.71 bits per heavy atom. The van der Waals surface area contributed by atoms with Crippen LogP contribution in [0.25, 0.3) is 10.8 Å². The molecule has 0 spiro atoms. The average Bonchev–Trinajstić information content (AvgIpc) is 3.52. The largest absolute Gasteiger partial charge is 0.331 e. The first kappa shape index (κ1) is 23.0. The highest BCUT2D eigenvalue weighted by Gasteiger charge is 2.40. The minimum absolute atomic E-state index is 0.113. The van der Waals surface area contributed by atoms with Crippen LogP contribution in [0.15, 0.2) is 11.0 Å². The van der Waals surface area contributed by atoms with Gasteiger partial charge in [0, 0.05) is 35.1 Å². The minimum Gasteiger partial charge on any atom is -0.331 e. The van der Waals surface area contributed by atoms with Gasteiger partial charge in [-0.3, -0.25) is 9.59 Å². The summed E-state index contributed by atoms with van der Waals surface area (Å²) in [6.07, 6.45) is 8.84. The van der Waals surface area contributed by atoms with Crippen molar-refractivity contribution >= 4 is 28.0 Å². The van der Waals surface area contributed by atoms with Gasteiger partial charge in [0.15, 0.2) is 0 Å². The molecule has 0 aromatic carbocycles. The number of nitrogens with zero attached hydrogens (tertiary/aromatic N) is 4. The Morgan fingerprint density at radius 1 is 1.17 bits per heavy atom. The fraction of sp³-hybridized carbons (Fsp3) is 0.593. The van der Waals surface area contributed by atoms with E-state index >= 15 is 4.39 Å². The highest BCUT2D eigenvalue weighted by atomic mass is 32.1. The zero-order valence-electron chi connectivity index (χ0n) is 21.0. The Hall–Kier alpha value is -2.48. The van der Waals surface area contributed by atoms with E-state index in [-0.39, 0.29) is 34.4 Å². The van der Waals surface area contributed by atoms with Gasteiger partial charge in [-0.25, -0.2) is 4.68 Å². The Kier molecular flexibility index (Phi) is 5.26. The third-order valence-corrected chi connectivity index (χ3v) is 9.79. The van der Waals surface area contributed by atoms with Gasteiger partial charge in [0.25, 0.3) is 11.5 Å². The lowest BCUT2D eigenvalue weighted by Gasteiger charge is -2.30. The molecule has 0 bridgehead atoms. The van der Waals surface area contributed by atoms with Crippen LogP contribution < -0.4 is 5.56 Å². The predicted octanol–water partition coefficient (Wildman–Crippen LogP) is 5.25. The van der Waals surface area contributed by atoms with Crippen LogP contribution in [0.5, 0.6) is 0 Å². The number of aryl methyl sites for hydroxylation is 1. The van der Waals surface area contributed by atoms with Gasteiger partial charge in [0.2, 0.25) is 5.95 Å². The molecular formula is C27H33FN4O2S. The summed E-state index contributed by atoms with van der Waals surface area (Å²) in [6, 6.07) is 0.0241. The monoisotopic (exact) mass is 496 g/mol. The van der Waals surface area contributed by atoms with E-state index in [4.69, 9.17) is 0 Å². The van der Waals surface area contributed by atoms with Gasteiger partial charge < -0.3 is 9.47 Å². The van der Waals surface area contributed by atoms with E-state index in [2.05, 4.69) is 18.9 Å². The van der Waals surface area contributed by atoms with Gasteiger partial charge in [-0.1, -0.05) is 6.92 Å². The molecule has 35 heavy (non-hydrogen) atoms. The van der Waals surface area contributed by atoms with Gasteiger partial charge in [0.05, 0.1) is 17.1 Å². The van der Waals surface area contributed by atoms with Crippen molar-refractivity contribution in [1.82, 2.24) is 19.2 Å². The van der Waals surface area contributed by atoms with Gasteiger partial charge in [-0.2, -0.15) is 9.49 Å². The van der Waals surface area contributed by atoms with E-state index < -0.39 is 5.95 Å². The standard InChI is InChI=1S/C27H33FN4O2S/c1-15(2)32-25(33)22-18(12-29-32)20-11-27(4,14-31(20)24(22)28)10-9-16(3)30-13-19-17-7-5-6-8-21(17)35-23(19)26(30)34/h12,15-16H,5-11,13-14H2,1-4H3. The molecule has 6 nitrogen and oxygen atoms in total. The number of carbonyl (C=O) groups is 1. The normalized spacial score (nSPS) is 22.2. The first-order chi connectivity index (χ1) is 16.7. The molecular weight excluding hydrogens is 463 g/mol. The van der Waals surface area contributed by atoms with Crippen molar-refractivity contribution in [3.8, 4) is 0 Å². The van der Waals surface area contributed by atoms with E-state index in [1.807, 2.05) is 18.7 Å². The minimum atomic E-state index is -0.433. The van der Waals surface area contributed by atoms with Crippen molar-refractivity contribution in [3.63, 3.8) is 0 Å². The van der Waals surface area contributed by atoms with Crippen LogP contribution in [0, 0.1) is 11.4 Å². The van der Waals surface area contributed by atoms with E-state index in [0.717, 1.165) is 42.8 Å². The molecule has 3 aromatic rings. The average molecular weight is 497 g/mol. The summed E-state index contributed by atoms with van der Waals surface area (Å²) in [7, 11) is 0. The topological polar surface area (TPSA) is 60.1 Å². The molecule has 0 saturated carbocycles. The van der Waals surface area contributed by atoms with Crippen LogP contribution >= 0.6 is 11.3 Å². The smallest absolute Gasteiger partial charge is 0.279 e. The number of aromatic nitrogens is 3. The lowest BCUT2D eigenvalue weighted by atomic mass is 9.82. The van der Waals surface area contributed by atoms with Crippen molar-refractivity contribution in [2.45, 2.75) is 97.8 Å². The second-order valence-corrected chi connectivity index (χ2v) is 12.5. The maximum absolute atomic E-state index is 15.4. The zero-order valence-corrected chi connectivity index (χ0v) is 21.8. The summed E-state index contributed by atoms with van der Waals surface area (Å²) < 4.78 is 18.4. The summed E-state index contributed by atoms with van der Waals surface area (Å²) in [6.45, 7) is 9.38. The second-order valence-electron chi connectivity index (χ2n) is 11.4. The van der Waals surface area contributed by atoms with Gasteiger partial charge >= 0.3 is 0 Å².